The summed E-state index contributed by atoms with van der Waals surface area (Å²) in [6, 6.07) is 12.0. The number of carbonyl (C=O) groups excluding carboxylic acids is 2. The van der Waals surface area contributed by atoms with E-state index in [2.05, 4.69) is 71.7 Å². The van der Waals surface area contributed by atoms with E-state index in [1.165, 1.54) is 202 Å². The van der Waals surface area contributed by atoms with Crippen LogP contribution in [0.25, 0.3) is 51.4 Å². The lowest BCUT2D eigenvalue weighted by atomic mass is 9.92. The third-order valence-electron chi connectivity index (χ3n) is 20.3. The fourth-order valence-electron chi connectivity index (χ4n) is 14.0. The van der Waals surface area contributed by atoms with Crippen LogP contribution < -0.4 is 18.9 Å². The standard InChI is InChI=1S/C80H115Br2N3O10S4/c1-5-9-13-17-21-24-26-29-33-37-45-90-52-79(50-86)54-92-69-71(94-56-79)75(81)98-73(69)65-43-41-63(96-65)67-59-47-61-62(78(89)85(77(61)88)49-58(39-35-31-20-16-12-8-4)40-36-32-28-23-19-15-11-7-3)48-60(59)68(84-83-67)64-42-44-66(97-64)74-70-72(76(82)99-74)95-57-80(51-87,55-93-70)53-91-46-38-34-30-27-25-22-18-14-10-6-2/h41-44,47-48,58,86-87H,5-40,45-46,49-57H2,1-4H3. The highest BCUT2D eigenvalue weighted by atomic mass is 79.9. The maximum absolute atomic E-state index is 15.0. The molecule has 548 valence electrons. The number of nitrogens with zero attached hydrogens (tertiary/aromatic N) is 3. The largest absolute Gasteiger partial charge is 0.487 e. The quantitative estimate of drug-likeness (QED) is 0.0275. The van der Waals surface area contributed by atoms with Crippen LogP contribution in [0.15, 0.2) is 44.0 Å². The molecule has 0 aliphatic carbocycles. The first-order valence-electron chi connectivity index (χ1n) is 38.4. The van der Waals surface area contributed by atoms with Crippen molar-refractivity contribution in [1.82, 2.24) is 15.1 Å². The van der Waals surface area contributed by atoms with Crippen LogP contribution in [0, 0.1) is 16.7 Å². The Labute approximate surface area is 625 Å². The Bertz CT molecular complexity index is 3200. The second kappa shape index (κ2) is 42.5. The Morgan fingerprint density at radius 1 is 0.444 bits per heavy atom. The number of fused-ring (bicyclic) bond motifs is 4. The molecule has 2 N–H and O–H groups in total. The van der Waals surface area contributed by atoms with E-state index in [9.17, 15) is 10.2 Å². The summed E-state index contributed by atoms with van der Waals surface area (Å²) in [5.41, 5.74) is 0.527. The lowest BCUT2D eigenvalue weighted by molar-refractivity contribution is -0.0384. The SMILES string of the molecule is CCCCCCCCCCCCOCC1(CO)COc2c(Br)sc(-c3ccc(-c4nnc(-c5ccc(-c6sc(Br)c7c6OCC(CO)(COCCCCCCCCCCCC)CO7)s5)c5cc6c(cc45)C(=O)N(CC(CCCCCCCC)CCCCCCCCCC)C6=O)s3)c2OC1. The molecule has 99 heavy (non-hydrogen) atoms. The molecule has 13 nitrogen and oxygen atoms in total. The summed E-state index contributed by atoms with van der Waals surface area (Å²) in [6.45, 7) is 12.0. The number of unbranched alkanes of at least 4 members (excludes halogenated alkanes) is 30. The van der Waals surface area contributed by atoms with Crippen molar-refractivity contribution in [1.29, 1.82) is 0 Å². The maximum Gasteiger partial charge on any atom is 0.261 e. The summed E-state index contributed by atoms with van der Waals surface area (Å²) in [5.74, 6) is 2.18. The van der Waals surface area contributed by atoms with Crippen molar-refractivity contribution in [2.45, 2.75) is 259 Å². The number of rotatable bonds is 50. The summed E-state index contributed by atoms with van der Waals surface area (Å²) in [7, 11) is 0. The molecule has 6 aromatic rings. The predicted molar refractivity (Wildman–Crippen MR) is 419 cm³/mol. The van der Waals surface area contributed by atoms with Crippen LogP contribution >= 0.6 is 77.2 Å². The van der Waals surface area contributed by atoms with Crippen LogP contribution in [0.1, 0.15) is 280 Å². The average Bonchev–Trinajstić information content (AvgIpc) is 1.59. The zero-order valence-corrected chi connectivity index (χ0v) is 66.6. The van der Waals surface area contributed by atoms with Crippen molar-refractivity contribution < 1.29 is 48.2 Å². The normalized spacial score (nSPS) is 17.1. The molecule has 19 heteroatoms. The molecule has 2 amide bonds. The molecule has 8 heterocycles. The molecule has 1 aromatic carbocycles. The summed E-state index contributed by atoms with van der Waals surface area (Å²) in [6.07, 6.45) is 44.2. The minimum atomic E-state index is -0.737. The molecule has 0 spiro atoms. The van der Waals surface area contributed by atoms with Crippen molar-refractivity contribution >= 4 is 99.8 Å². The monoisotopic (exact) mass is 1560 g/mol. The van der Waals surface area contributed by atoms with Crippen LogP contribution in [0.5, 0.6) is 23.0 Å². The number of aliphatic hydroxyl groups excluding tert-OH is 2. The van der Waals surface area contributed by atoms with Crippen LogP contribution in [0.2, 0.25) is 0 Å². The molecule has 3 atom stereocenters. The van der Waals surface area contributed by atoms with Gasteiger partial charge in [-0.1, -0.05) is 233 Å². The van der Waals surface area contributed by atoms with E-state index < -0.39 is 10.8 Å². The highest BCUT2D eigenvalue weighted by molar-refractivity contribution is 9.11. The van der Waals surface area contributed by atoms with Gasteiger partial charge in [-0.25, -0.2) is 0 Å². The van der Waals surface area contributed by atoms with Gasteiger partial charge in [-0.15, -0.1) is 55.5 Å². The summed E-state index contributed by atoms with van der Waals surface area (Å²) in [4.78, 5) is 36.9. The molecule has 3 unspecified atom stereocenters. The van der Waals surface area contributed by atoms with E-state index in [1.54, 1.807) is 27.6 Å². The second-order valence-corrected chi connectivity index (χ2v) is 35.6. The van der Waals surface area contributed by atoms with Crippen molar-refractivity contribution in [2.75, 3.05) is 72.6 Å². The van der Waals surface area contributed by atoms with Crippen molar-refractivity contribution in [2.24, 2.45) is 16.7 Å². The number of aliphatic hydroxyl groups is 2. The van der Waals surface area contributed by atoms with Crippen LogP contribution in [0.3, 0.4) is 0 Å². The number of hydrogen-bond donors (Lipinski definition) is 2. The average molecular weight is 1570 g/mol. The third kappa shape index (κ3) is 22.5. The maximum atomic E-state index is 15.0. The first-order chi connectivity index (χ1) is 48.5. The van der Waals surface area contributed by atoms with Gasteiger partial charge in [-0.3, -0.25) is 14.5 Å². The number of aromatic nitrogens is 2. The van der Waals surface area contributed by atoms with E-state index in [0.29, 0.717) is 78.5 Å². The van der Waals surface area contributed by atoms with Crippen molar-refractivity contribution in [3.05, 3.63) is 55.1 Å². The van der Waals surface area contributed by atoms with Gasteiger partial charge in [0.25, 0.3) is 11.8 Å². The third-order valence-corrected chi connectivity index (χ3v) is 26.4. The first kappa shape index (κ1) is 79.6. The number of imide groups is 1. The number of hydrogen-bond acceptors (Lipinski definition) is 16. The molecule has 9 rings (SSSR count). The second-order valence-electron chi connectivity index (χ2n) is 28.7. The Balaban J connectivity index is 0.946. The fourth-order valence-corrected chi connectivity index (χ4v) is 19.6. The van der Waals surface area contributed by atoms with E-state index >= 15 is 9.59 Å². The summed E-state index contributed by atoms with van der Waals surface area (Å²) in [5, 5.41) is 33.3. The topological polar surface area (TPSA) is 159 Å². The molecule has 3 aliphatic rings. The molecule has 0 radical (unpaired) electrons. The molecular formula is C80H115Br2N3O10S4. The van der Waals surface area contributed by atoms with Gasteiger partial charge in [-0.05, 0) is 99.9 Å². The Kier molecular flexibility index (Phi) is 34.1. The molecule has 0 saturated heterocycles. The van der Waals surface area contributed by atoms with Gasteiger partial charge in [0.05, 0.1) is 67.9 Å². The zero-order valence-electron chi connectivity index (χ0n) is 60.2. The Morgan fingerprint density at radius 3 is 1.10 bits per heavy atom. The van der Waals surface area contributed by atoms with Gasteiger partial charge in [0.1, 0.15) is 45.4 Å². The van der Waals surface area contributed by atoms with Gasteiger partial charge in [-0.2, -0.15) is 0 Å². The van der Waals surface area contributed by atoms with Crippen LogP contribution in [-0.2, 0) is 9.47 Å². The van der Waals surface area contributed by atoms with Crippen molar-refractivity contribution in [3.63, 3.8) is 0 Å². The van der Waals surface area contributed by atoms with Crippen LogP contribution in [-0.4, -0.2) is 110 Å². The lowest BCUT2D eigenvalue weighted by Crippen LogP contribution is -2.41. The molecule has 0 saturated carbocycles. The molecular weight excluding hydrogens is 1450 g/mol. The Hall–Kier alpha value is -3.50. The molecule has 5 aromatic heterocycles. The summed E-state index contributed by atoms with van der Waals surface area (Å²) >= 11 is 13.8. The molecule has 0 fully saturated rings. The summed E-state index contributed by atoms with van der Waals surface area (Å²) < 4.78 is 40.5. The number of amides is 2. The molecule has 0 bridgehead atoms. The fraction of sp³-hybridized carbons (Fsp3) is 0.675. The van der Waals surface area contributed by atoms with Gasteiger partial charge < -0.3 is 38.6 Å². The van der Waals surface area contributed by atoms with E-state index in [0.717, 1.165) is 99.0 Å². The first-order valence-corrected chi connectivity index (χ1v) is 43.3. The van der Waals surface area contributed by atoms with Crippen LogP contribution in [0.4, 0.5) is 0 Å². The van der Waals surface area contributed by atoms with Gasteiger partial charge >= 0.3 is 0 Å². The van der Waals surface area contributed by atoms with E-state index in [4.69, 9.17) is 38.6 Å². The van der Waals surface area contributed by atoms with Crippen molar-refractivity contribution in [3.8, 4) is 63.6 Å². The predicted octanol–water partition coefficient (Wildman–Crippen LogP) is 23.9. The highest BCUT2D eigenvalue weighted by Crippen LogP contribution is 2.57. The van der Waals surface area contributed by atoms with Gasteiger partial charge in [0.2, 0.25) is 0 Å². The smallest absolute Gasteiger partial charge is 0.261 e. The minimum Gasteiger partial charge on any atom is -0.487 e. The lowest BCUT2D eigenvalue weighted by Gasteiger charge is -2.28. The number of benzene rings is 1. The molecule has 3 aliphatic heterocycles. The number of ether oxygens (including phenoxy) is 6. The highest BCUT2D eigenvalue weighted by Gasteiger charge is 2.41. The van der Waals surface area contributed by atoms with E-state index in [1.807, 2.05) is 24.3 Å². The Morgan fingerprint density at radius 2 is 0.758 bits per heavy atom. The number of thiophene rings is 4. The minimum absolute atomic E-state index is 0.142. The van der Waals surface area contributed by atoms with E-state index in [-0.39, 0.29) is 57.4 Å². The number of carbonyl (C=O) groups is 2. The van der Waals surface area contributed by atoms with Gasteiger partial charge in [0.15, 0.2) is 23.0 Å². The number of halogens is 2. The zero-order chi connectivity index (χ0) is 69.7. The van der Waals surface area contributed by atoms with Gasteiger partial charge in [0, 0.05) is 40.3 Å².